The minimum atomic E-state index is -5.15. The van der Waals surface area contributed by atoms with Crippen LogP contribution in [0.25, 0.3) is 0 Å². The van der Waals surface area contributed by atoms with Gasteiger partial charge < -0.3 is 17.7 Å². The number of ether oxygens (including phenoxy) is 1. The molecule has 2 rings (SSSR count). The van der Waals surface area contributed by atoms with Gasteiger partial charge in [0.25, 0.3) is 0 Å². The predicted molar refractivity (Wildman–Crippen MR) is 70.9 cm³/mol. The van der Waals surface area contributed by atoms with E-state index in [9.17, 15) is 17.3 Å². The van der Waals surface area contributed by atoms with E-state index in [1.807, 2.05) is 0 Å². The average molecular weight is 343 g/mol. The molecular formula is C13H9BClF4KO. The molecule has 106 valence electrons. The van der Waals surface area contributed by atoms with Crippen molar-refractivity contribution in [3.05, 3.63) is 58.9 Å². The standard InChI is InChI=1S/C13H9BClF4O.K/c15-12-7-10(16)6-5-9(12)8-20-13-4-2-1-3-11(13)14(17,18)19;/h1-7H,8H2;/q-1;+1. The normalized spacial score (nSPS) is 10.9. The van der Waals surface area contributed by atoms with E-state index in [1.54, 1.807) is 0 Å². The zero-order valence-electron chi connectivity index (χ0n) is 11.1. The molecule has 0 aromatic heterocycles. The van der Waals surface area contributed by atoms with Crippen LogP contribution in [0.1, 0.15) is 5.56 Å². The van der Waals surface area contributed by atoms with E-state index in [0.29, 0.717) is 5.56 Å². The number of hydrogen-bond donors (Lipinski definition) is 0. The monoisotopic (exact) mass is 342 g/mol. The van der Waals surface area contributed by atoms with Crippen LogP contribution >= 0.6 is 11.6 Å². The quantitative estimate of drug-likeness (QED) is 0.598. The van der Waals surface area contributed by atoms with E-state index in [1.165, 1.54) is 30.3 Å². The smallest absolute Gasteiger partial charge is 0.492 e. The topological polar surface area (TPSA) is 9.23 Å². The number of para-hydroxylation sites is 1. The fourth-order valence-electron chi connectivity index (χ4n) is 1.68. The predicted octanol–water partition coefficient (Wildman–Crippen LogP) is 1.12. The summed E-state index contributed by atoms with van der Waals surface area (Å²) in [6.45, 7) is -5.32. The fraction of sp³-hybridized carbons (Fsp3) is 0.0769. The largest absolute Gasteiger partial charge is 1.00 e. The van der Waals surface area contributed by atoms with Crippen molar-refractivity contribution in [2.75, 3.05) is 0 Å². The van der Waals surface area contributed by atoms with Gasteiger partial charge in [-0.2, -0.15) is 0 Å². The van der Waals surface area contributed by atoms with E-state index in [-0.39, 0.29) is 68.8 Å². The Morgan fingerprint density at radius 1 is 1.05 bits per heavy atom. The second-order valence-electron chi connectivity index (χ2n) is 4.14. The van der Waals surface area contributed by atoms with Gasteiger partial charge in [0, 0.05) is 5.56 Å². The summed E-state index contributed by atoms with van der Waals surface area (Å²) in [6.07, 6.45) is 0. The first-order chi connectivity index (χ1) is 9.38. The maximum absolute atomic E-state index is 12.9. The second-order valence-corrected chi connectivity index (χ2v) is 4.54. The molecule has 1 nitrogen and oxygen atoms in total. The third kappa shape index (κ3) is 5.26. The van der Waals surface area contributed by atoms with Gasteiger partial charge in [0.05, 0.1) is 10.8 Å². The van der Waals surface area contributed by atoms with Gasteiger partial charge in [-0.3, -0.25) is 0 Å². The molecule has 0 aliphatic rings. The van der Waals surface area contributed by atoms with Crippen molar-refractivity contribution in [3.8, 4) is 5.75 Å². The molecule has 2 aromatic carbocycles. The minimum absolute atomic E-state index is 0. The Bertz CT molecular complexity index is 621. The van der Waals surface area contributed by atoms with Crippen LogP contribution < -0.4 is 61.6 Å². The van der Waals surface area contributed by atoms with Crippen molar-refractivity contribution in [2.45, 2.75) is 6.61 Å². The molecular weight excluding hydrogens is 333 g/mol. The van der Waals surface area contributed by atoms with Crippen molar-refractivity contribution in [3.63, 3.8) is 0 Å². The van der Waals surface area contributed by atoms with Crippen molar-refractivity contribution >= 4 is 24.0 Å². The Morgan fingerprint density at radius 3 is 2.33 bits per heavy atom. The summed E-state index contributed by atoms with van der Waals surface area (Å²) >= 11 is 5.79. The van der Waals surface area contributed by atoms with E-state index in [2.05, 4.69) is 0 Å². The third-order valence-electron chi connectivity index (χ3n) is 2.67. The van der Waals surface area contributed by atoms with Crippen LogP contribution in [0.15, 0.2) is 42.5 Å². The summed E-state index contributed by atoms with van der Waals surface area (Å²) in [7, 11) is 0. The first kappa shape index (κ1) is 19.0. The maximum Gasteiger partial charge on any atom is 1.00 e. The van der Waals surface area contributed by atoms with Crippen LogP contribution in [0.4, 0.5) is 17.3 Å². The Balaban J connectivity index is 0.00000220. The molecule has 0 aliphatic carbocycles. The third-order valence-corrected chi connectivity index (χ3v) is 3.02. The maximum atomic E-state index is 12.9. The number of benzene rings is 2. The molecule has 0 saturated carbocycles. The molecule has 8 heteroatoms. The minimum Gasteiger partial charge on any atom is -0.492 e. The Labute approximate surface area is 167 Å². The summed E-state index contributed by atoms with van der Waals surface area (Å²) < 4.78 is 56.5. The van der Waals surface area contributed by atoms with Gasteiger partial charge in [0.1, 0.15) is 12.4 Å². The van der Waals surface area contributed by atoms with Gasteiger partial charge in [0.2, 0.25) is 0 Å². The molecule has 0 saturated heterocycles. The molecule has 0 fully saturated rings. The molecule has 0 aliphatic heterocycles. The van der Waals surface area contributed by atoms with Crippen molar-refractivity contribution in [1.82, 2.24) is 0 Å². The summed E-state index contributed by atoms with van der Waals surface area (Å²) in [5, 5.41) is 0.111. The van der Waals surface area contributed by atoms with Crippen LogP contribution in [-0.2, 0) is 6.61 Å². The summed E-state index contributed by atoms with van der Waals surface area (Å²) in [5.74, 6) is -0.779. The van der Waals surface area contributed by atoms with Crippen LogP contribution in [0.3, 0.4) is 0 Å². The molecule has 0 bridgehead atoms. The van der Waals surface area contributed by atoms with Crippen molar-refractivity contribution in [2.24, 2.45) is 0 Å². The van der Waals surface area contributed by atoms with E-state index >= 15 is 0 Å². The molecule has 2 aromatic rings. The molecule has 0 atom stereocenters. The molecule has 0 heterocycles. The summed E-state index contributed by atoms with van der Waals surface area (Å²) in [5.41, 5.74) is -0.386. The molecule has 0 spiro atoms. The SMILES string of the molecule is Fc1ccc(COc2ccccc2[B-](F)(F)F)c(Cl)c1.[K+]. The first-order valence-electron chi connectivity index (χ1n) is 5.73. The Kier molecular flexibility index (Phi) is 7.23. The van der Waals surface area contributed by atoms with E-state index < -0.39 is 18.3 Å². The second kappa shape index (κ2) is 7.99. The molecule has 21 heavy (non-hydrogen) atoms. The molecule has 0 radical (unpaired) electrons. The zero-order valence-corrected chi connectivity index (χ0v) is 15.0. The van der Waals surface area contributed by atoms with Crippen LogP contribution in [0.2, 0.25) is 5.02 Å². The molecule has 0 amide bonds. The Hall–Kier alpha value is -0.0487. The number of rotatable bonds is 4. The molecule has 0 unspecified atom stereocenters. The van der Waals surface area contributed by atoms with Crippen molar-refractivity contribution in [1.29, 1.82) is 0 Å². The zero-order chi connectivity index (χ0) is 14.8. The van der Waals surface area contributed by atoms with Gasteiger partial charge in [-0.1, -0.05) is 41.3 Å². The fourth-order valence-corrected chi connectivity index (χ4v) is 1.90. The van der Waals surface area contributed by atoms with Gasteiger partial charge in [-0.05, 0) is 18.2 Å². The van der Waals surface area contributed by atoms with Crippen LogP contribution in [0, 0.1) is 5.82 Å². The molecule has 0 N–H and O–H groups in total. The average Bonchev–Trinajstić information content (AvgIpc) is 2.37. The first-order valence-corrected chi connectivity index (χ1v) is 6.11. The number of halogens is 5. The van der Waals surface area contributed by atoms with Crippen LogP contribution in [-0.4, -0.2) is 6.98 Å². The van der Waals surface area contributed by atoms with Gasteiger partial charge in [-0.15, -0.1) is 0 Å². The van der Waals surface area contributed by atoms with E-state index in [0.717, 1.165) is 12.1 Å². The van der Waals surface area contributed by atoms with Gasteiger partial charge in [-0.25, -0.2) is 4.39 Å². The van der Waals surface area contributed by atoms with Crippen molar-refractivity contribution < 1.29 is 73.5 Å². The van der Waals surface area contributed by atoms with Crippen LogP contribution in [0.5, 0.6) is 5.75 Å². The summed E-state index contributed by atoms with van der Waals surface area (Å²) in [6, 6.07) is 8.57. The summed E-state index contributed by atoms with van der Waals surface area (Å²) in [4.78, 5) is 0. The number of hydrogen-bond acceptors (Lipinski definition) is 1. The van der Waals surface area contributed by atoms with Gasteiger partial charge in [0.15, 0.2) is 0 Å². The van der Waals surface area contributed by atoms with Gasteiger partial charge >= 0.3 is 58.4 Å². The van der Waals surface area contributed by atoms with E-state index in [4.69, 9.17) is 16.3 Å². The Morgan fingerprint density at radius 2 is 1.71 bits per heavy atom.